The normalized spacial score (nSPS) is 15.8. The molecule has 1 atom stereocenters. The highest BCUT2D eigenvalue weighted by molar-refractivity contribution is 5.95. The third kappa shape index (κ3) is 6.26. The van der Waals surface area contributed by atoms with E-state index in [4.69, 9.17) is 0 Å². The molecule has 1 aliphatic heterocycles. The molecule has 1 unspecified atom stereocenters. The Labute approximate surface area is 303 Å². The number of allylic oxidation sites excluding steroid dienone is 4. The highest BCUT2D eigenvalue weighted by Gasteiger charge is 2.40. The van der Waals surface area contributed by atoms with Crippen LogP contribution in [0.4, 0.5) is 11.4 Å². The number of nitriles is 1. The first-order valence-corrected chi connectivity index (χ1v) is 18.4. The summed E-state index contributed by atoms with van der Waals surface area (Å²) in [6.45, 7) is 10.5. The van der Waals surface area contributed by atoms with E-state index in [1.165, 1.54) is 55.3 Å². The summed E-state index contributed by atoms with van der Waals surface area (Å²) < 4.78 is 0. The average molecular weight is 667 g/mol. The first-order chi connectivity index (χ1) is 24.8. The fourth-order valence-electron chi connectivity index (χ4n) is 8.54. The summed E-state index contributed by atoms with van der Waals surface area (Å²) in [6.07, 6.45) is 9.94. The molecule has 3 nitrogen and oxygen atoms in total. The van der Waals surface area contributed by atoms with Crippen molar-refractivity contribution in [3.63, 3.8) is 0 Å². The second-order valence-electron chi connectivity index (χ2n) is 14.8. The monoisotopic (exact) mass is 666 g/mol. The number of nitrogens with zero attached hydrogens (tertiary/aromatic N) is 2. The zero-order valence-corrected chi connectivity index (χ0v) is 30.6. The molecule has 254 valence electrons. The van der Waals surface area contributed by atoms with Crippen LogP contribution < -0.4 is 10.2 Å². The van der Waals surface area contributed by atoms with Gasteiger partial charge in [-0.05, 0) is 93.4 Å². The molecule has 3 heteroatoms. The quantitative estimate of drug-likeness (QED) is 0.148. The van der Waals surface area contributed by atoms with Gasteiger partial charge in [0.25, 0.3) is 0 Å². The SMILES string of the molecule is CCCN1/C(=C/C=C/CC(C)(Cc2ccc(-c3ccccc3C#N)cc2)c2c([NH2+]C)ccc3ccccc23)C(C)(C)c2c1ccc1ccccc21. The number of fused-ring (bicyclic) bond motifs is 4. The smallest absolute Gasteiger partial charge is 0.133 e. The first kappa shape index (κ1) is 34.0. The molecule has 0 aromatic heterocycles. The third-order valence-corrected chi connectivity index (χ3v) is 10.9. The predicted molar refractivity (Wildman–Crippen MR) is 216 cm³/mol. The molecular formula is C48H48N3+. The van der Waals surface area contributed by atoms with E-state index < -0.39 is 0 Å². The summed E-state index contributed by atoms with van der Waals surface area (Å²) >= 11 is 0. The Bertz CT molecular complexity index is 2320. The van der Waals surface area contributed by atoms with Gasteiger partial charge in [0.15, 0.2) is 0 Å². The molecule has 0 spiro atoms. The van der Waals surface area contributed by atoms with Gasteiger partial charge in [-0.25, -0.2) is 0 Å². The Morgan fingerprint density at radius 3 is 2.20 bits per heavy atom. The number of quaternary nitrogens is 1. The van der Waals surface area contributed by atoms with Crippen LogP contribution in [0.25, 0.3) is 32.7 Å². The van der Waals surface area contributed by atoms with E-state index in [0.717, 1.165) is 36.9 Å². The molecule has 0 saturated carbocycles. The van der Waals surface area contributed by atoms with Crippen LogP contribution in [0.15, 0.2) is 145 Å². The summed E-state index contributed by atoms with van der Waals surface area (Å²) in [7, 11) is 2.15. The van der Waals surface area contributed by atoms with Crippen LogP contribution in [0.3, 0.4) is 0 Å². The standard InChI is InChI=1S/C48H47N3/c1-6-31-51-43-29-27-36-16-8-12-20-41(36)46(43)47(2,3)44(51)21-13-14-30-48(4,45-40-19-11-7-15-35(40)26-28-42(45)50-5)32-34-22-24-37(25-23-34)39-18-10-9-17-38(39)33-49/h7-29,50H,6,30-32H2,1-5H3/p+1/b14-13+,44-21+. The van der Waals surface area contributed by atoms with Crippen LogP contribution in [0.1, 0.15) is 62.8 Å². The lowest BCUT2D eigenvalue weighted by Gasteiger charge is -2.31. The van der Waals surface area contributed by atoms with Gasteiger partial charge < -0.3 is 10.2 Å². The summed E-state index contributed by atoms with van der Waals surface area (Å²) in [6, 6.07) is 45.8. The molecule has 0 fully saturated rings. The molecule has 0 aliphatic carbocycles. The van der Waals surface area contributed by atoms with E-state index in [1.807, 2.05) is 24.3 Å². The van der Waals surface area contributed by atoms with Crippen LogP contribution in [0, 0.1) is 11.3 Å². The maximum atomic E-state index is 9.71. The molecule has 7 rings (SSSR count). The fraction of sp³-hybridized carbons (Fsp3) is 0.229. The maximum Gasteiger partial charge on any atom is 0.133 e. The largest absolute Gasteiger partial charge is 0.344 e. The minimum Gasteiger partial charge on any atom is -0.344 e. The highest BCUT2D eigenvalue weighted by Crippen LogP contribution is 2.51. The molecule has 0 saturated heterocycles. The van der Waals surface area contributed by atoms with Crippen LogP contribution in [-0.2, 0) is 17.3 Å². The van der Waals surface area contributed by atoms with E-state index in [1.54, 1.807) is 0 Å². The van der Waals surface area contributed by atoms with E-state index in [2.05, 4.69) is 166 Å². The number of nitrogens with two attached hydrogens (primary N) is 1. The van der Waals surface area contributed by atoms with Crippen LogP contribution in [0.5, 0.6) is 0 Å². The predicted octanol–water partition coefficient (Wildman–Crippen LogP) is 10.9. The zero-order valence-electron chi connectivity index (χ0n) is 30.6. The summed E-state index contributed by atoms with van der Waals surface area (Å²) in [4.78, 5) is 2.55. The van der Waals surface area contributed by atoms with E-state index in [9.17, 15) is 5.26 Å². The second-order valence-corrected chi connectivity index (χ2v) is 14.8. The Hall–Kier alpha value is -5.43. The fourth-order valence-corrected chi connectivity index (χ4v) is 8.54. The van der Waals surface area contributed by atoms with Crippen molar-refractivity contribution >= 4 is 32.9 Å². The molecule has 1 aliphatic rings. The summed E-state index contributed by atoms with van der Waals surface area (Å²) in [5, 5.41) is 17.2. The Morgan fingerprint density at radius 1 is 0.804 bits per heavy atom. The van der Waals surface area contributed by atoms with Gasteiger partial charge in [0.05, 0.1) is 18.7 Å². The van der Waals surface area contributed by atoms with Crippen LogP contribution in [-0.4, -0.2) is 13.6 Å². The Balaban J connectivity index is 1.27. The van der Waals surface area contributed by atoms with Crippen molar-refractivity contribution in [2.45, 2.75) is 57.8 Å². The Morgan fingerprint density at radius 2 is 1.47 bits per heavy atom. The molecule has 0 amide bonds. The van der Waals surface area contributed by atoms with Gasteiger partial charge in [-0.3, -0.25) is 0 Å². The van der Waals surface area contributed by atoms with E-state index in [-0.39, 0.29) is 10.8 Å². The molecule has 6 aromatic rings. The Kier molecular flexibility index (Phi) is 9.38. The highest BCUT2D eigenvalue weighted by atomic mass is 15.2. The minimum absolute atomic E-state index is 0.120. The van der Waals surface area contributed by atoms with E-state index in [0.29, 0.717) is 5.56 Å². The molecule has 51 heavy (non-hydrogen) atoms. The number of anilines is 1. The lowest BCUT2D eigenvalue weighted by atomic mass is 9.72. The van der Waals surface area contributed by atoms with Gasteiger partial charge in [0.2, 0.25) is 0 Å². The maximum absolute atomic E-state index is 9.71. The molecular weight excluding hydrogens is 619 g/mol. The second kappa shape index (κ2) is 14.1. The van der Waals surface area contributed by atoms with E-state index >= 15 is 0 Å². The van der Waals surface area contributed by atoms with Gasteiger partial charge in [0, 0.05) is 34.3 Å². The van der Waals surface area contributed by atoms with Crippen molar-refractivity contribution in [2.75, 3.05) is 18.5 Å². The molecule has 1 heterocycles. The van der Waals surface area contributed by atoms with Crippen molar-refractivity contribution in [1.29, 1.82) is 5.26 Å². The van der Waals surface area contributed by atoms with Crippen LogP contribution in [0.2, 0.25) is 0 Å². The van der Waals surface area contributed by atoms with Crippen LogP contribution >= 0.6 is 0 Å². The lowest BCUT2D eigenvalue weighted by Crippen LogP contribution is -2.73. The van der Waals surface area contributed by atoms with Crippen molar-refractivity contribution in [3.05, 3.63) is 168 Å². The minimum atomic E-state index is -0.183. The zero-order chi connectivity index (χ0) is 35.6. The van der Waals surface area contributed by atoms with Gasteiger partial charge in [-0.2, -0.15) is 5.26 Å². The lowest BCUT2D eigenvalue weighted by molar-refractivity contribution is -0.540. The van der Waals surface area contributed by atoms with Crippen molar-refractivity contribution in [3.8, 4) is 17.2 Å². The number of hydrogen-bond donors (Lipinski definition) is 1. The van der Waals surface area contributed by atoms with Gasteiger partial charge in [-0.15, -0.1) is 0 Å². The average Bonchev–Trinajstić information content (AvgIpc) is 3.38. The number of rotatable bonds is 10. The van der Waals surface area contributed by atoms with Gasteiger partial charge >= 0.3 is 0 Å². The third-order valence-electron chi connectivity index (χ3n) is 10.9. The molecule has 6 aromatic carbocycles. The number of benzene rings is 6. The molecule has 0 bridgehead atoms. The van der Waals surface area contributed by atoms with Gasteiger partial charge in [-0.1, -0.05) is 137 Å². The van der Waals surface area contributed by atoms with Crippen molar-refractivity contribution in [2.24, 2.45) is 0 Å². The summed E-state index contributed by atoms with van der Waals surface area (Å²) in [5.41, 5.74) is 10.5. The first-order valence-electron chi connectivity index (χ1n) is 18.4. The van der Waals surface area contributed by atoms with Crippen molar-refractivity contribution in [1.82, 2.24) is 0 Å². The van der Waals surface area contributed by atoms with Gasteiger partial charge in [0.1, 0.15) is 5.69 Å². The summed E-state index contributed by atoms with van der Waals surface area (Å²) in [5.74, 6) is 0. The number of hydrogen-bond acceptors (Lipinski definition) is 2. The topological polar surface area (TPSA) is 43.6 Å². The molecule has 2 N–H and O–H groups in total. The van der Waals surface area contributed by atoms with Crippen molar-refractivity contribution < 1.29 is 5.32 Å². The molecule has 0 radical (unpaired) electrons.